The molecule has 3 nitrogen and oxygen atoms in total. The van der Waals surface area contributed by atoms with Crippen LogP contribution in [0.25, 0.3) is 0 Å². The summed E-state index contributed by atoms with van der Waals surface area (Å²) in [6.45, 7) is 10.0. The van der Waals surface area contributed by atoms with E-state index in [1.54, 1.807) is 12.1 Å². The van der Waals surface area contributed by atoms with Crippen LogP contribution < -0.4 is 0 Å². The molecule has 1 heterocycles. The van der Waals surface area contributed by atoms with Gasteiger partial charge in [0.15, 0.2) is 0 Å². The molecule has 0 aliphatic carbocycles. The smallest absolute Gasteiger partial charge is 0.222 e. The van der Waals surface area contributed by atoms with Gasteiger partial charge in [0.25, 0.3) is 0 Å². The molecule has 0 N–H and O–H groups in total. The van der Waals surface area contributed by atoms with Crippen molar-refractivity contribution >= 4 is 5.91 Å². The highest BCUT2D eigenvalue weighted by Gasteiger charge is 2.39. The van der Waals surface area contributed by atoms with E-state index in [1.165, 1.54) is 17.2 Å². The number of hydrogen-bond donors (Lipinski definition) is 0. The van der Waals surface area contributed by atoms with Crippen molar-refractivity contribution in [3.63, 3.8) is 0 Å². The van der Waals surface area contributed by atoms with Gasteiger partial charge in [0.2, 0.25) is 5.91 Å². The highest BCUT2D eigenvalue weighted by Crippen LogP contribution is 2.42. The van der Waals surface area contributed by atoms with E-state index in [0.29, 0.717) is 31.0 Å². The lowest BCUT2D eigenvalue weighted by atomic mass is 9.68. The van der Waals surface area contributed by atoms with E-state index >= 15 is 0 Å². The first kappa shape index (κ1) is 23.5. The summed E-state index contributed by atoms with van der Waals surface area (Å²) in [6, 6.07) is 15.6. The molecule has 4 heteroatoms. The first-order chi connectivity index (χ1) is 14.8. The number of carbonyl (C=O) groups is 1. The normalized spacial score (nSPS) is 21.3. The Hall–Kier alpha value is -2.20. The first-order valence-corrected chi connectivity index (χ1v) is 11.5. The number of amides is 1. The third-order valence-electron chi connectivity index (χ3n) is 6.75. The van der Waals surface area contributed by atoms with Crippen LogP contribution in [0.15, 0.2) is 48.5 Å². The Morgan fingerprint density at radius 1 is 1.19 bits per heavy atom. The van der Waals surface area contributed by atoms with Gasteiger partial charge < -0.3 is 9.64 Å². The lowest BCUT2D eigenvalue weighted by molar-refractivity contribution is -0.132. The highest BCUT2D eigenvalue weighted by atomic mass is 19.1. The van der Waals surface area contributed by atoms with E-state index in [4.69, 9.17) is 4.74 Å². The zero-order chi connectivity index (χ0) is 22.4. The van der Waals surface area contributed by atoms with Gasteiger partial charge in [-0.25, -0.2) is 4.39 Å². The molecule has 1 fully saturated rings. The number of aryl methyl sites for hydroxylation is 1. The molecule has 168 valence electrons. The van der Waals surface area contributed by atoms with Gasteiger partial charge in [0.05, 0.1) is 6.10 Å². The predicted octanol–water partition coefficient (Wildman–Crippen LogP) is 6.04. The monoisotopic (exact) mass is 425 g/mol. The molecule has 1 amide bonds. The molecule has 1 aliphatic heterocycles. The predicted molar refractivity (Wildman–Crippen MR) is 123 cm³/mol. The van der Waals surface area contributed by atoms with Crippen molar-refractivity contribution in [1.29, 1.82) is 0 Å². The second kappa shape index (κ2) is 10.4. The second-order valence-corrected chi connectivity index (χ2v) is 9.26. The van der Waals surface area contributed by atoms with Crippen molar-refractivity contribution in [2.24, 2.45) is 5.92 Å². The number of halogens is 1. The van der Waals surface area contributed by atoms with Crippen LogP contribution in [0.5, 0.6) is 0 Å². The summed E-state index contributed by atoms with van der Waals surface area (Å²) in [7, 11) is 0. The van der Waals surface area contributed by atoms with Crippen molar-refractivity contribution in [3.8, 4) is 0 Å². The van der Waals surface area contributed by atoms with Crippen molar-refractivity contribution in [1.82, 2.24) is 4.90 Å². The highest BCUT2D eigenvalue weighted by molar-refractivity contribution is 5.75. The summed E-state index contributed by atoms with van der Waals surface area (Å²) in [5, 5.41) is 0. The fourth-order valence-electron chi connectivity index (χ4n) is 4.62. The Labute approximate surface area is 186 Å². The van der Waals surface area contributed by atoms with Gasteiger partial charge in [-0.3, -0.25) is 4.79 Å². The average Bonchev–Trinajstić information content (AvgIpc) is 2.77. The average molecular weight is 426 g/mol. The largest absolute Gasteiger partial charge is 0.378 e. The molecule has 3 rings (SSSR count). The van der Waals surface area contributed by atoms with E-state index in [-0.39, 0.29) is 23.2 Å². The number of carbonyl (C=O) groups excluding carboxylic acids is 1. The van der Waals surface area contributed by atoms with Crippen molar-refractivity contribution in [3.05, 3.63) is 71.0 Å². The quantitative estimate of drug-likeness (QED) is 0.516. The van der Waals surface area contributed by atoms with E-state index < -0.39 is 0 Å². The number of rotatable bonds is 8. The molecule has 0 aromatic heterocycles. The molecule has 1 aliphatic rings. The number of hydrogen-bond acceptors (Lipinski definition) is 2. The Kier molecular flexibility index (Phi) is 7.88. The SMILES string of the molecule is CCC(=O)N(CCC1(c2ccc(C)cc2)CCOC(C(C)C)C1)Cc1ccccc1F. The molecular formula is C27H36FNO2. The topological polar surface area (TPSA) is 29.5 Å². The van der Waals surface area contributed by atoms with Crippen LogP contribution in [-0.2, 0) is 21.5 Å². The van der Waals surface area contributed by atoms with Crippen molar-refractivity contribution < 1.29 is 13.9 Å². The molecule has 1 saturated heterocycles. The number of benzene rings is 2. The van der Waals surface area contributed by atoms with Gasteiger partial charge in [-0.05, 0) is 43.7 Å². The van der Waals surface area contributed by atoms with E-state index in [9.17, 15) is 9.18 Å². The summed E-state index contributed by atoms with van der Waals surface area (Å²) >= 11 is 0. The van der Waals surface area contributed by atoms with E-state index in [2.05, 4.69) is 45.0 Å². The molecule has 2 aromatic rings. The van der Waals surface area contributed by atoms with Gasteiger partial charge in [0.1, 0.15) is 5.82 Å². The zero-order valence-corrected chi connectivity index (χ0v) is 19.4. The summed E-state index contributed by atoms with van der Waals surface area (Å²) in [4.78, 5) is 14.6. The number of nitrogens with zero attached hydrogens (tertiary/aromatic N) is 1. The Morgan fingerprint density at radius 2 is 1.90 bits per heavy atom. The number of ether oxygens (including phenoxy) is 1. The van der Waals surface area contributed by atoms with Crippen molar-refractivity contribution in [2.45, 2.75) is 71.4 Å². The van der Waals surface area contributed by atoms with E-state index in [0.717, 1.165) is 25.9 Å². The minimum Gasteiger partial charge on any atom is -0.378 e. The summed E-state index contributed by atoms with van der Waals surface area (Å²) in [6.07, 6.45) is 3.36. The third kappa shape index (κ3) is 5.74. The molecule has 2 unspecified atom stereocenters. The third-order valence-corrected chi connectivity index (χ3v) is 6.75. The lowest BCUT2D eigenvalue weighted by Gasteiger charge is -2.44. The lowest BCUT2D eigenvalue weighted by Crippen LogP contribution is -2.43. The van der Waals surface area contributed by atoms with Gasteiger partial charge in [-0.2, -0.15) is 0 Å². The molecule has 0 saturated carbocycles. The second-order valence-electron chi connectivity index (χ2n) is 9.26. The van der Waals surface area contributed by atoms with Crippen LogP contribution >= 0.6 is 0 Å². The molecule has 0 radical (unpaired) electrons. The Morgan fingerprint density at radius 3 is 2.55 bits per heavy atom. The molecule has 2 atom stereocenters. The van der Waals surface area contributed by atoms with Crippen LogP contribution in [0.4, 0.5) is 4.39 Å². The maximum absolute atomic E-state index is 14.3. The summed E-state index contributed by atoms with van der Waals surface area (Å²) in [5.74, 6) is 0.252. The van der Waals surface area contributed by atoms with Crippen LogP contribution in [0.1, 0.15) is 63.1 Å². The minimum absolute atomic E-state index is 0.0393. The summed E-state index contributed by atoms with van der Waals surface area (Å²) < 4.78 is 20.4. The van der Waals surface area contributed by atoms with Crippen LogP contribution in [0.2, 0.25) is 0 Å². The Bertz CT molecular complexity index is 864. The maximum atomic E-state index is 14.3. The van der Waals surface area contributed by atoms with Gasteiger partial charge in [-0.15, -0.1) is 0 Å². The fourth-order valence-corrected chi connectivity index (χ4v) is 4.62. The molecule has 0 spiro atoms. The maximum Gasteiger partial charge on any atom is 0.222 e. The standard InChI is InChI=1S/C27H36FNO2/c1-5-26(30)29(19-22-8-6-7-9-24(22)28)16-14-27(23-12-10-21(4)11-13-23)15-17-31-25(18-27)20(2)3/h6-13,20,25H,5,14-19H2,1-4H3. The van der Waals surface area contributed by atoms with Crippen molar-refractivity contribution in [2.75, 3.05) is 13.2 Å². The van der Waals surface area contributed by atoms with Crippen LogP contribution in [0.3, 0.4) is 0 Å². The minimum atomic E-state index is -0.254. The van der Waals surface area contributed by atoms with Crippen LogP contribution in [0, 0.1) is 18.7 Å². The molecule has 2 aromatic carbocycles. The molecular weight excluding hydrogens is 389 g/mol. The van der Waals surface area contributed by atoms with Gasteiger partial charge >= 0.3 is 0 Å². The first-order valence-electron chi connectivity index (χ1n) is 11.5. The Balaban J connectivity index is 1.86. The van der Waals surface area contributed by atoms with Crippen LogP contribution in [-0.4, -0.2) is 30.1 Å². The zero-order valence-electron chi connectivity index (χ0n) is 19.4. The molecule has 0 bridgehead atoms. The summed E-state index contributed by atoms with van der Waals surface area (Å²) in [5.41, 5.74) is 3.10. The van der Waals surface area contributed by atoms with Gasteiger partial charge in [-0.1, -0.05) is 68.8 Å². The fraction of sp³-hybridized carbons (Fsp3) is 0.519. The van der Waals surface area contributed by atoms with E-state index in [1.807, 2.05) is 17.9 Å². The van der Waals surface area contributed by atoms with Gasteiger partial charge in [0, 0.05) is 37.1 Å². The molecule has 31 heavy (non-hydrogen) atoms.